The van der Waals surface area contributed by atoms with Gasteiger partial charge in [0, 0.05) is 19.1 Å². The lowest BCUT2D eigenvalue weighted by molar-refractivity contribution is -0.137. The molecule has 2 aromatic carbocycles. The van der Waals surface area contributed by atoms with E-state index in [1.165, 1.54) is 12.1 Å². The van der Waals surface area contributed by atoms with Gasteiger partial charge in [-0.15, -0.1) is 0 Å². The third kappa shape index (κ3) is 8.04. The van der Waals surface area contributed by atoms with Gasteiger partial charge in [0.2, 0.25) is 0 Å². The Balaban J connectivity index is 1.80. The summed E-state index contributed by atoms with van der Waals surface area (Å²) >= 11 is 0. The monoisotopic (exact) mass is 410 g/mol. The molecule has 2 aromatic rings. The summed E-state index contributed by atoms with van der Waals surface area (Å²) in [6, 6.07) is 12.7. The van der Waals surface area contributed by atoms with Crippen LogP contribution >= 0.6 is 0 Å². The standard InChI is InChI=1S/C22H29F3N2O2/c1-3-26-11-12-29-20-9-7-17(8-10-20)13-16(2)27-15-21(28)18-5-4-6-19(14-18)22(23,24)25/h4-10,14,16,21,26-28H,3,11-13,15H2,1-2H3. The lowest BCUT2D eigenvalue weighted by atomic mass is 10.0. The average molecular weight is 410 g/mol. The van der Waals surface area contributed by atoms with E-state index in [9.17, 15) is 18.3 Å². The van der Waals surface area contributed by atoms with Crippen molar-refractivity contribution >= 4 is 0 Å². The van der Waals surface area contributed by atoms with Crippen LogP contribution in [-0.4, -0.2) is 37.4 Å². The van der Waals surface area contributed by atoms with Crippen LogP contribution in [0.3, 0.4) is 0 Å². The highest BCUT2D eigenvalue weighted by atomic mass is 19.4. The molecule has 4 nitrogen and oxygen atoms in total. The van der Waals surface area contributed by atoms with Crippen LogP contribution in [0.4, 0.5) is 13.2 Å². The Hall–Kier alpha value is -2.09. The van der Waals surface area contributed by atoms with Gasteiger partial charge in [-0.2, -0.15) is 13.2 Å². The van der Waals surface area contributed by atoms with E-state index in [-0.39, 0.29) is 18.2 Å². The van der Waals surface area contributed by atoms with Gasteiger partial charge in [-0.05, 0) is 55.3 Å². The molecule has 3 N–H and O–H groups in total. The average Bonchev–Trinajstić information content (AvgIpc) is 2.70. The minimum Gasteiger partial charge on any atom is -0.492 e. The molecule has 2 atom stereocenters. The SMILES string of the molecule is CCNCCOc1ccc(CC(C)NCC(O)c2cccc(C(F)(F)F)c2)cc1. The molecule has 0 bridgehead atoms. The number of benzene rings is 2. The Morgan fingerprint density at radius 2 is 1.83 bits per heavy atom. The molecular formula is C22H29F3N2O2. The molecule has 0 heterocycles. The summed E-state index contributed by atoms with van der Waals surface area (Å²) in [7, 11) is 0. The molecule has 0 amide bonds. The Kier molecular flexibility index (Phi) is 8.95. The summed E-state index contributed by atoms with van der Waals surface area (Å²) in [5, 5.41) is 16.6. The third-order valence-electron chi connectivity index (χ3n) is 4.52. The second kappa shape index (κ2) is 11.2. The minimum atomic E-state index is -4.42. The number of hydrogen-bond acceptors (Lipinski definition) is 4. The zero-order valence-electron chi connectivity index (χ0n) is 16.8. The van der Waals surface area contributed by atoms with Gasteiger partial charge in [-0.3, -0.25) is 0 Å². The van der Waals surface area contributed by atoms with Crippen molar-refractivity contribution in [3.63, 3.8) is 0 Å². The molecule has 0 saturated carbocycles. The highest BCUT2D eigenvalue weighted by Crippen LogP contribution is 2.30. The molecular weight excluding hydrogens is 381 g/mol. The number of halogens is 3. The van der Waals surface area contributed by atoms with Crippen LogP contribution in [-0.2, 0) is 12.6 Å². The predicted octanol–water partition coefficient (Wildman–Crippen LogP) is 3.95. The first-order valence-electron chi connectivity index (χ1n) is 9.80. The van der Waals surface area contributed by atoms with Crippen LogP contribution in [0.25, 0.3) is 0 Å². The fourth-order valence-corrected chi connectivity index (χ4v) is 2.92. The van der Waals surface area contributed by atoms with E-state index in [0.717, 1.165) is 43.0 Å². The lowest BCUT2D eigenvalue weighted by Gasteiger charge is -2.18. The number of alkyl halides is 3. The second-order valence-electron chi connectivity index (χ2n) is 7.00. The van der Waals surface area contributed by atoms with E-state index in [4.69, 9.17) is 4.74 Å². The van der Waals surface area contributed by atoms with Crippen LogP contribution in [0.2, 0.25) is 0 Å². The molecule has 29 heavy (non-hydrogen) atoms. The maximum Gasteiger partial charge on any atom is 0.416 e. The summed E-state index contributed by atoms with van der Waals surface area (Å²) in [4.78, 5) is 0. The minimum absolute atomic E-state index is 0.0518. The number of nitrogens with one attached hydrogen (secondary N) is 2. The number of ether oxygens (including phenoxy) is 1. The molecule has 0 aliphatic carbocycles. The van der Waals surface area contributed by atoms with Crippen molar-refractivity contribution < 1.29 is 23.0 Å². The Morgan fingerprint density at radius 1 is 1.10 bits per heavy atom. The fraction of sp³-hybridized carbons (Fsp3) is 0.455. The van der Waals surface area contributed by atoms with Crippen LogP contribution in [0.5, 0.6) is 5.75 Å². The first kappa shape index (κ1) is 23.2. The van der Waals surface area contributed by atoms with Crippen molar-refractivity contribution in [1.82, 2.24) is 10.6 Å². The van der Waals surface area contributed by atoms with Gasteiger partial charge >= 0.3 is 6.18 Å². The second-order valence-corrected chi connectivity index (χ2v) is 7.00. The van der Waals surface area contributed by atoms with Crippen LogP contribution < -0.4 is 15.4 Å². The molecule has 0 spiro atoms. The van der Waals surface area contributed by atoms with Gasteiger partial charge in [0.15, 0.2) is 0 Å². The molecule has 0 saturated heterocycles. The molecule has 2 unspecified atom stereocenters. The Labute approximate surface area is 170 Å². The van der Waals surface area contributed by atoms with Crippen LogP contribution in [0, 0.1) is 0 Å². The van der Waals surface area contributed by atoms with Gasteiger partial charge < -0.3 is 20.5 Å². The van der Waals surface area contributed by atoms with Crippen molar-refractivity contribution in [2.75, 3.05) is 26.2 Å². The number of aliphatic hydroxyl groups excluding tert-OH is 1. The highest BCUT2D eigenvalue weighted by Gasteiger charge is 2.30. The summed E-state index contributed by atoms with van der Waals surface area (Å²) in [6.07, 6.45) is -4.70. The third-order valence-corrected chi connectivity index (χ3v) is 4.52. The maximum atomic E-state index is 12.8. The number of rotatable bonds is 11. The van der Waals surface area contributed by atoms with Crippen molar-refractivity contribution in [1.29, 1.82) is 0 Å². The van der Waals surface area contributed by atoms with Crippen LogP contribution in [0.1, 0.15) is 36.6 Å². The fourth-order valence-electron chi connectivity index (χ4n) is 2.92. The smallest absolute Gasteiger partial charge is 0.416 e. The molecule has 0 fully saturated rings. The predicted molar refractivity (Wildman–Crippen MR) is 108 cm³/mol. The topological polar surface area (TPSA) is 53.5 Å². The van der Waals surface area contributed by atoms with E-state index in [1.807, 2.05) is 38.1 Å². The molecule has 2 rings (SSSR count). The van der Waals surface area contributed by atoms with Gasteiger partial charge in [0.05, 0.1) is 11.7 Å². The first-order chi connectivity index (χ1) is 13.8. The molecule has 0 radical (unpaired) electrons. The number of likely N-dealkylation sites (N-methyl/N-ethyl adjacent to an activating group) is 1. The summed E-state index contributed by atoms with van der Waals surface area (Å²) in [6.45, 7) is 6.51. The Bertz CT molecular complexity index is 736. The molecule has 7 heteroatoms. The normalized spacial score (nSPS) is 13.9. The number of aliphatic hydroxyl groups is 1. The van der Waals surface area contributed by atoms with Gasteiger partial charge in [-0.1, -0.05) is 31.2 Å². The molecule has 0 aliphatic heterocycles. The van der Waals surface area contributed by atoms with E-state index in [0.29, 0.717) is 6.61 Å². The van der Waals surface area contributed by atoms with E-state index >= 15 is 0 Å². The van der Waals surface area contributed by atoms with Gasteiger partial charge in [0.1, 0.15) is 12.4 Å². The van der Waals surface area contributed by atoms with Gasteiger partial charge in [-0.25, -0.2) is 0 Å². The quantitative estimate of drug-likeness (QED) is 0.491. The highest BCUT2D eigenvalue weighted by molar-refractivity contribution is 5.28. The summed E-state index contributed by atoms with van der Waals surface area (Å²) in [5.41, 5.74) is 0.603. The zero-order chi connectivity index (χ0) is 21.3. The first-order valence-corrected chi connectivity index (χ1v) is 9.80. The maximum absolute atomic E-state index is 12.8. The van der Waals surface area contributed by atoms with Crippen molar-refractivity contribution in [2.45, 2.75) is 38.6 Å². The molecule has 0 aromatic heterocycles. The van der Waals surface area contributed by atoms with Crippen molar-refractivity contribution in [2.24, 2.45) is 0 Å². The summed E-state index contributed by atoms with van der Waals surface area (Å²) < 4.78 is 44.1. The van der Waals surface area contributed by atoms with Crippen molar-refractivity contribution in [3.8, 4) is 5.75 Å². The largest absolute Gasteiger partial charge is 0.492 e. The molecule has 0 aliphatic rings. The van der Waals surface area contributed by atoms with E-state index in [1.54, 1.807) is 0 Å². The van der Waals surface area contributed by atoms with E-state index < -0.39 is 17.8 Å². The van der Waals surface area contributed by atoms with Crippen LogP contribution in [0.15, 0.2) is 48.5 Å². The molecule has 160 valence electrons. The lowest BCUT2D eigenvalue weighted by Crippen LogP contribution is -2.32. The zero-order valence-corrected chi connectivity index (χ0v) is 16.8. The summed E-state index contributed by atoms with van der Waals surface area (Å²) in [5.74, 6) is 0.812. The number of hydrogen-bond donors (Lipinski definition) is 3. The van der Waals surface area contributed by atoms with Gasteiger partial charge in [0.25, 0.3) is 0 Å². The Morgan fingerprint density at radius 3 is 2.48 bits per heavy atom. The van der Waals surface area contributed by atoms with E-state index in [2.05, 4.69) is 10.6 Å². The van der Waals surface area contributed by atoms with Crippen molar-refractivity contribution in [3.05, 3.63) is 65.2 Å².